The summed E-state index contributed by atoms with van der Waals surface area (Å²) in [5.41, 5.74) is 0.646. The van der Waals surface area contributed by atoms with Crippen molar-refractivity contribution in [3.63, 3.8) is 0 Å². The van der Waals surface area contributed by atoms with Gasteiger partial charge in [-0.2, -0.15) is 0 Å². The topological polar surface area (TPSA) is 55.4 Å². The van der Waals surface area contributed by atoms with Gasteiger partial charge in [0.25, 0.3) is 0 Å². The maximum atomic E-state index is 11.9. The number of halogens is 1. The fourth-order valence-corrected chi connectivity index (χ4v) is 2.94. The van der Waals surface area contributed by atoms with E-state index in [1.165, 1.54) is 0 Å². The van der Waals surface area contributed by atoms with Crippen LogP contribution >= 0.6 is 15.9 Å². The largest absolute Gasteiger partial charge is 0.444 e. The van der Waals surface area contributed by atoms with Gasteiger partial charge in [-0.05, 0) is 38.0 Å². The summed E-state index contributed by atoms with van der Waals surface area (Å²) in [7, 11) is 0. The van der Waals surface area contributed by atoms with Gasteiger partial charge >= 0.3 is 6.09 Å². The van der Waals surface area contributed by atoms with Crippen LogP contribution in [-0.4, -0.2) is 23.5 Å². The van der Waals surface area contributed by atoms with Gasteiger partial charge in [-0.15, -0.1) is 0 Å². The van der Waals surface area contributed by atoms with E-state index in [0.717, 1.165) is 21.9 Å². The average molecular weight is 340 g/mol. The van der Waals surface area contributed by atoms with E-state index < -0.39 is 17.2 Å². The lowest BCUT2D eigenvalue weighted by Gasteiger charge is -2.27. The molecule has 1 unspecified atom stereocenters. The lowest BCUT2D eigenvalue weighted by molar-refractivity contribution is -0.113. The van der Waals surface area contributed by atoms with Crippen molar-refractivity contribution in [2.45, 2.75) is 44.8 Å². The van der Waals surface area contributed by atoms with E-state index in [9.17, 15) is 9.59 Å². The summed E-state index contributed by atoms with van der Waals surface area (Å²) in [6, 6.07) is 5.84. The number of aldehydes is 1. The Kier molecular flexibility index (Phi) is 3.91. The Bertz CT molecular complexity index is 551. The highest BCUT2D eigenvalue weighted by Gasteiger charge is 2.40. The molecule has 1 aliphatic rings. The third-order valence-corrected chi connectivity index (χ3v) is 3.93. The van der Waals surface area contributed by atoms with Gasteiger partial charge in [-0.3, -0.25) is 0 Å². The molecule has 0 fully saturated rings. The molecule has 108 valence electrons. The number of carbonyl (C=O) groups excluding carboxylic acids is 2. The monoisotopic (exact) mass is 339 g/mol. The molecular formula is C15H18BrNO3. The quantitative estimate of drug-likeness (QED) is 0.842. The normalized spacial score (nSPS) is 21.2. The second-order valence-electron chi connectivity index (χ2n) is 6.13. The first-order chi connectivity index (χ1) is 9.25. The molecular weight excluding hydrogens is 322 g/mol. The molecule has 0 aliphatic heterocycles. The molecule has 1 aliphatic carbocycles. The Morgan fingerprint density at radius 2 is 2.10 bits per heavy atom. The van der Waals surface area contributed by atoms with E-state index in [0.29, 0.717) is 12.8 Å². The van der Waals surface area contributed by atoms with Crippen LogP contribution in [0.25, 0.3) is 0 Å². The molecule has 0 heterocycles. The van der Waals surface area contributed by atoms with Gasteiger partial charge in [0.05, 0.1) is 0 Å². The number of ether oxygens (including phenoxy) is 1. The number of hydrogen-bond acceptors (Lipinski definition) is 3. The summed E-state index contributed by atoms with van der Waals surface area (Å²) >= 11 is 3.48. The van der Waals surface area contributed by atoms with Crippen LogP contribution in [0.1, 0.15) is 31.9 Å². The van der Waals surface area contributed by atoms with Gasteiger partial charge < -0.3 is 14.8 Å². The molecule has 0 aromatic heterocycles. The van der Waals surface area contributed by atoms with Crippen LogP contribution in [0.4, 0.5) is 4.79 Å². The van der Waals surface area contributed by atoms with E-state index in [1.54, 1.807) is 20.8 Å². The maximum Gasteiger partial charge on any atom is 0.408 e. The Balaban J connectivity index is 2.17. The van der Waals surface area contributed by atoms with Crippen molar-refractivity contribution in [3.05, 3.63) is 33.8 Å². The number of fused-ring (bicyclic) bond motifs is 1. The molecule has 1 atom stereocenters. The summed E-state index contributed by atoms with van der Waals surface area (Å²) in [6.45, 7) is 5.38. The fourth-order valence-electron chi connectivity index (χ4n) is 2.39. The Labute approximate surface area is 127 Å². The molecule has 1 N–H and O–H groups in total. The van der Waals surface area contributed by atoms with Gasteiger partial charge in [0, 0.05) is 17.3 Å². The molecule has 0 saturated heterocycles. The van der Waals surface area contributed by atoms with Gasteiger partial charge in [-0.25, -0.2) is 4.79 Å². The number of nitrogens with one attached hydrogen (secondary N) is 1. The number of hydrogen-bond donors (Lipinski definition) is 1. The Hall–Kier alpha value is -1.36. The lowest BCUT2D eigenvalue weighted by Crippen LogP contribution is -2.52. The number of carbonyl (C=O) groups is 2. The molecule has 0 saturated carbocycles. The molecule has 2 rings (SSSR count). The Morgan fingerprint density at radius 3 is 2.65 bits per heavy atom. The highest BCUT2D eigenvalue weighted by Crippen LogP contribution is 2.34. The van der Waals surface area contributed by atoms with Gasteiger partial charge in [0.2, 0.25) is 0 Å². The molecule has 1 aromatic rings. The van der Waals surface area contributed by atoms with Crippen molar-refractivity contribution >= 4 is 28.3 Å². The zero-order chi connectivity index (χ0) is 15.0. The van der Waals surface area contributed by atoms with E-state index >= 15 is 0 Å². The summed E-state index contributed by atoms with van der Waals surface area (Å²) < 4.78 is 6.20. The van der Waals surface area contributed by atoms with Crippen LogP contribution in [0.3, 0.4) is 0 Å². The summed E-state index contributed by atoms with van der Waals surface area (Å²) in [4.78, 5) is 23.4. The van der Waals surface area contributed by atoms with Crippen molar-refractivity contribution in [1.29, 1.82) is 0 Å². The van der Waals surface area contributed by atoms with Crippen LogP contribution in [0, 0.1) is 0 Å². The summed E-state index contributed by atoms with van der Waals surface area (Å²) in [6.07, 6.45) is 1.22. The van der Waals surface area contributed by atoms with Crippen LogP contribution in [0.5, 0.6) is 0 Å². The minimum Gasteiger partial charge on any atom is -0.444 e. The van der Waals surface area contributed by atoms with Gasteiger partial charge in [0.15, 0.2) is 0 Å². The number of amides is 1. The maximum absolute atomic E-state index is 11.9. The minimum absolute atomic E-state index is 0.479. The zero-order valence-electron chi connectivity index (χ0n) is 11.8. The van der Waals surface area contributed by atoms with Crippen LogP contribution in [0.2, 0.25) is 0 Å². The fraction of sp³-hybridized carbons (Fsp3) is 0.467. The highest BCUT2D eigenvalue weighted by molar-refractivity contribution is 9.10. The molecule has 0 bridgehead atoms. The third kappa shape index (κ3) is 3.20. The van der Waals surface area contributed by atoms with E-state index in [2.05, 4.69) is 21.2 Å². The standard InChI is InChI=1S/C15H18BrNO3/c1-14(2,3)20-13(19)17-15(9-18)7-10-5-4-6-12(16)11(10)8-15/h4-6,9H,7-8H2,1-3H3,(H,17,19). The second-order valence-corrected chi connectivity index (χ2v) is 6.99. The third-order valence-electron chi connectivity index (χ3n) is 3.19. The second kappa shape index (κ2) is 5.20. The number of alkyl carbamates (subject to hydrolysis) is 1. The predicted octanol–water partition coefficient (Wildman–Crippen LogP) is 3.01. The van der Waals surface area contributed by atoms with Crippen molar-refractivity contribution in [2.24, 2.45) is 0 Å². The van der Waals surface area contributed by atoms with Crippen molar-refractivity contribution < 1.29 is 14.3 Å². The molecule has 5 heteroatoms. The Morgan fingerprint density at radius 1 is 1.40 bits per heavy atom. The molecule has 20 heavy (non-hydrogen) atoms. The molecule has 4 nitrogen and oxygen atoms in total. The van der Waals surface area contributed by atoms with Crippen LogP contribution in [-0.2, 0) is 22.4 Å². The van der Waals surface area contributed by atoms with E-state index in [1.807, 2.05) is 18.2 Å². The summed E-state index contributed by atoms with van der Waals surface area (Å²) in [5.74, 6) is 0. The molecule has 0 spiro atoms. The smallest absolute Gasteiger partial charge is 0.408 e. The first-order valence-electron chi connectivity index (χ1n) is 6.48. The van der Waals surface area contributed by atoms with Gasteiger partial charge in [-0.1, -0.05) is 28.1 Å². The van der Waals surface area contributed by atoms with E-state index in [-0.39, 0.29) is 0 Å². The lowest BCUT2D eigenvalue weighted by atomic mass is 9.98. The van der Waals surface area contributed by atoms with E-state index in [4.69, 9.17) is 4.74 Å². The first-order valence-corrected chi connectivity index (χ1v) is 7.28. The number of rotatable bonds is 2. The van der Waals surface area contributed by atoms with Crippen LogP contribution in [0.15, 0.2) is 22.7 Å². The summed E-state index contributed by atoms with van der Waals surface area (Å²) in [5, 5.41) is 2.72. The first kappa shape index (κ1) is 15.0. The highest BCUT2D eigenvalue weighted by atomic mass is 79.9. The molecule has 0 radical (unpaired) electrons. The molecule has 1 aromatic carbocycles. The molecule has 1 amide bonds. The average Bonchev–Trinajstić information content (AvgIpc) is 2.67. The van der Waals surface area contributed by atoms with Crippen molar-refractivity contribution in [1.82, 2.24) is 5.32 Å². The number of benzene rings is 1. The minimum atomic E-state index is -0.908. The van der Waals surface area contributed by atoms with Crippen molar-refractivity contribution in [3.8, 4) is 0 Å². The van der Waals surface area contributed by atoms with Crippen LogP contribution < -0.4 is 5.32 Å². The zero-order valence-corrected chi connectivity index (χ0v) is 13.4. The predicted molar refractivity (Wildman–Crippen MR) is 79.7 cm³/mol. The van der Waals surface area contributed by atoms with Gasteiger partial charge in [0.1, 0.15) is 17.4 Å². The van der Waals surface area contributed by atoms with Crippen molar-refractivity contribution in [2.75, 3.05) is 0 Å². The SMILES string of the molecule is CC(C)(C)OC(=O)NC1(C=O)Cc2cccc(Br)c2C1.